The fraction of sp³-hybridized carbons (Fsp3) is 0.545. The summed E-state index contributed by atoms with van der Waals surface area (Å²) >= 11 is 0. The number of ether oxygens (including phenoxy) is 3. The van der Waals surface area contributed by atoms with Gasteiger partial charge < -0.3 is 19.2 Å². The monoisotopic (exact) mass is 399 g/mol. The normalized spacial score (nSPS) is 20.9. The average molecular weight is 399 g/mol. The minimum atomic E-state index is 0.0262. The molecule has 1 N–H and O–H groups in total. The first kappa shape index (κ1) is 19.9. The first-order valence-corrected chi connectivity index (χ1v) is 10.2. The largest absolute Gasteiger partial charge is 0.493 e. The molecular formula is C22H29N3O4. The summed E-state index contributed by atoms with van der Waals surface area (Å²) in [6.07, 6.45) is 3.86. The van der Waals surface area contributed by atoms with Crippen LogP contribution >= 0.6 is 0 Å². The average Bonchev–Trinajstić information content (AvgIpc) is 2.97. The summed E-state index contributed by atoms with van der Waals surface area (Å²) in [4.78, 5) is 22.5. The Kier molecular flexibility index (Phi) is 5.87. The summed E-state index contributed by atoms with van der Waals surface area (Å²) in [5, 5.41) is 0. The summed E-state index contributed by atoms with van der Waals surface area (Å²) in [6, 6.07) is 6.89. The van der Waals surface area contributed by atoms with Crippen LogP contribution in [0.5, 0.6) is 11.5 Å². The van der Waals surface area contributed by atoms with Crippen molar-refractivity contribution in [2.75, 3.05) is 27.4 Å². The van der Waals surface area contributed by atoms with Crippen LogP contribution in [0, 0.1) is 6.92 Å². The molecule has 2 aliphatic rings. The van der Waals surface area contributed by atoms with Crippen molar-refractivity contribution in [3.05, 3.63) is 51.2 Å². The van der Waals surface area contributed by atoms with Gasteiger partial charge in [-0.1, -0.05) is 6.07 Å². The van der Waals surface area contributed by atoms with Gasteiger partial charge in [0, 0.05) is 37.7 Å². The number of nitrogens with zero attached hydrogens (tertiary/aromatic N) is 2. The Hall–Kier alpha value is -2.38. The summed E-state index contributed by atoms with van der Waals surface area (Å²) in [5.74, 6) is 2.16. The molecule has 0 aliphatic carbocycles. The fourth-order valence-corrected chi connectivity index (χ4v) is 4.60. The number of rotatable bonds is 7. The van der Waals surface area contributed by atoms with Crippen LogP contribution in [0.15, 0.2) is 23.0 Å². The summed E-state index contributed by atoms with van der Waals surface area (Å²) in [7, 11) is 3.31. The van der Waals surface area contributed by atoms with E-state index in [1.165, 1.54) is 5.56 Å². The zero-order valence-corrected chi connectivity index (χ0v) is 17.4. The van der Waals surface area contributed by atoms with Crippen LogP contribution in [0.4, 0.5) is 0 Å². The summed E-state index contributed by atoms with van der Waals surface area (Å²) in [6.45, 7) is 3.69. The van der Waals surface area contributed by atoms with Gasteiger partial charge in [-0.15, -0.1) is 0 Å². The van der Waals surface area contributed by atoms with E-state index in [1.54, 1.807) is 14.2 Å². The first-order chi connectivity index (χ1) is 14.1. The highest BCUT2D eigenvalue weighted by molar-refractivity contribution is 5.43. The van der Waals surface area contributed by atoms with E-state index in [0.717, 1.165) is 55.0 Å². The number of fused-ring (bicyclic) bond motifs is 3. The molecule has 1 saturated heterocycles. The number of aryl methyl sites for hydroxylation is 1. The Morgan fingerprint density at radius 1 is 1.14 bits per heavy atom. The quantitative estimate of drug-likeness (QED) is 0.720. The van der Waals surface area contributed by atoms with Crippen LogP contribution in [0.2, 0.25) is 0 Å². The third kappa shape index (κ3) is 4.16. The predicted molar refractivity (Wildman–Crippen MR) is 110 cm³/mol. The lowest BCUT2D eigenvalue weighted by Gasteiger charge is -2.28. The van der Waals surface area contributed by atoms with Gasteiger partial charge in [-0.25, -0.2) is 4.98 Å². The molecule has 1 aromatic carbocycles. The maximum Gasteiger partial charge on any atom is 0.254 e. The molecule has 2 bridgehead atoms. The minimum Gasteiger partial charge on any atom is -0.493 e. The van der Waals surface area contributed by atoms with Crippen molar-refractivity contribution >= 4 is 0 Å². The Morgan fingerprint density at radius 3 is 2.69 bits per heavy atom. The van der Waals surface area contributed by atoms with Crippen molar-refractivity contribution in [2.24, 2.45) is 0 Å². The molecule has 0 spiro atoms. The molecule has 2 aliphatic heterocycles. The van der Waals surface area contributed by atoms with Gasteiger partial charge in [0.05, 0.1) is 19.4 Å². The van der Waals surface area contributed by atoms with Gasteiger partial charge >= 0.3 is 0 Å². The lowest BCUT2D eigenvalue weighted by atomic mass is 9.98. The van der Waals surface area contributed by atoms with Gasteiger partial charge in [-0.05, 0) is 43.9 Å². The van der Waals surface area contributed by atoms with Crippen molar-refractivity contribution in [3.63, 3.8) is 0 Å². The molecule has 0 radical (unpaired) electrons. The number of aromatic amines is 1. The molecule has 0 saturated carbocycles. The molecule has 7 nitrogen and oxygen atoms in total. The molecule has 1 fully saturated rings. The predicted octanol–water partition coefficient (Wildman–Crippen LogP) is 2.24. The van der Waals surface area contributed by atoms with E-state index in [-0.39, 0.29) is 5.56 Å². The third-order valence-electron chi connectivity index (χ3n) is 6.00. The van der Waals surface area contributed by atoms with Crippen molar-refractivity contribution < 1.29 is 14.2 Å². The third-order valence-corrected chi connectivity index (χ3v) is 6.00. The number of methoxy groups -OCH3 is 2. The Balaban J connectivity index is 1.55. The lowest BCUT2D eigenvalue weighted by Crippen LogP contribution is -2.36. The van der Waals surface area contributed by atoms with Crippen LogP contribution in [0.3, 0.4) is 0 Å². The number of benzene rings is 1. The molecule has 156 valence electrons. The maximum absolute atomic E-state index is 12.5. The van der Waals surface area contributed by atoms with E-state index in [4.69, 9.17) is 14.2 Å². The molecule has 7 heteroatoms. The fourth-order valence-electron chi connectivity index (χ4n) is 4.60. The first-order valence-electron chi connectivity index (χ1n) is 10.2. The SMILES string of the molecule is COCCOc1cc(CN2[C@@H]3CC[C@H]2Cc2c(nc(C)[nH]c2=O)C3)ccc1OC. The standard InChI is InChI=1S/C22H29N3O4/c1-14-23-19-12-17-6-5-16(11-18(19)22(26)24-14)25(17)13-15-4-7-20(28-3)21(10-15)29-9-8-27-2/h4,7,10,16-17H,5-6,8-9,11-13H2,1-3H3,(H,23,24,26)/t16-,17+/m0/s1. The number of aromatic nitrogens is 2. The Labute approximate surface area is 171 Å². The van der Waals surface area contributed by atoms with Crippen LogP contribution in [-0.4, -0.2) is 54.4 Å². The summed E-state index contributed by atoms with van der Waals surface area (Å²) < 4.78 is 16.4. The Bertz CT molecular complexity index is 927. The molecular weight excluding hydrogens is 370 g/mol. The highest BCUT2D eigenvalue weighted by Crippen LogP contribution is 2.35. The van der Waals surface area contributed by atoms with Gasteiger partial charge in [0.25, 0.3) is 5.56 Å². The highest BCUT2D eigenvalue weighted by Gasteiger charge is 2.38. The lowest BCUT2D eigenvalue weighted by molar-refractivity contribution is 0.144. The molecule has 29 heavy (non-hydrogen) atoms. The zero-order chi connectivity index (χ0) is 20.4. The van der Waals surface area contributed by atoms with E-state index in [1.807, 2.05) is 13.0 Å². The van der Waals surface area contributed by atoms with Crippen LogP contribution < -0.4 is 15.0 Å². The molecule has 4 rings (SSSR count). The van der Waals surface area contributed by atoms with Gasteiger partial charge in [0.1, 0.15) is 12.4 Å². The molecule has 0 amide bonds. The second kappa shape index (κ2) is 8.55. The number of hydrogen-bond donors (Lipinski definition) is 1. The van der Waals surface area contributed by atoms with Crippen molar-refractivity contribution in [3.8, 4) is 11.5 Å². The van der Waals surface area contributed by atoms with E-state index in [0.29, 0.717) is 31.1 Å². The highest BCUT2D eigenvalue weighted by atomic mass is 16.5. The molecule has 0 unspecified atom stereocenters. The second-order valence-electron chi connectivity index (χ2n) is 7.87. The Morgan fingerprint density at radius 2 is 1.93 bits per heavy atom. The van der Waals surface area contributed by atoms with E-state index < -0.39 is 0 Å². The number of nitrogens with one attached hydrogen (secondary N) is 1. The van der Waals surface area contributed by atoms with Crippen molar-refractivity contribution in [1.82, 2.24) is 14.9 Å². The topological polar surface area (TPSA) is 76.7 Å². The van der Waals surface area contributed by atoms with Crippen LogP contribution in [0.1, 0.15) is 35.5 Å². The number of hydrogen-bond acceptors (Lipinski definition) is 6. The van der Waals surface area contributed by atoms with Crippen LogP contribution in [-0.2, 0) is 24.1 Å². The molecule has 3 heterocycles. The van der Waals surface area contributed by atoms with Gasteiger partial charge in [-0.2, -0.15) is 0 Å². The smallest absolute Gasteiger partial charge is 0.254 e. The minimum absolute atomic E-state index is 0.0262. The maximum atomic E-state index is 12.5. The molecule has 2 aromatic rings. The van der Waals surface area contributed by atoms with Gasteiger partial charge in [0.15, 0.2) is 11.5 Å². The second-order valence-corrected chi connectivity index (χ2v) is 7.87. The van der Waals surface area contributed by atoms with Gasteiger partial charge in [-0.3, -0.25) is 9.69 Å². The van der Waals surface area contributed by atoms with E-state index in [9.17, 15) is 4.79 Å². The van der Waals surface area contributed by atoms with Crippen molar-refractivity contribution in [2.45, 2.75) is 51.2 Å². The van der Waals surface area contributed by atoms with Gasteiger partial charge in [0.2, 0.25) is 0 Å². The zero-order valence-electron chi connectivity index (χ0n) is 17.4. The van der Waals surface area contributed by atoms with E-state index >= 15 is 0 Å². The number of H-pyrrole nitrogens is 1. The molecule has 2 atom stereocenters. The summed E-state index contributed by atoms with van der Waals surface area (Å²) in [5.41, 5.74) is 3.05. The van der Waals surface area contributed by atoms with Crippen molar-refractivity contribution in [1.29, 1.82) is 0 Å². The van der Waals surface area contributed by atoms with Crippen LogP contribution in [0.25, 0.3) is 0 Å². The van der Waals surface area contributed by atoms with E-state index in [2.05, 4.69) is 27.0 Å². The molecule has 1 aromatic heterocycles.